The Morgan fingerprint density at radius 1 is 1.50 bits per heavy atom. The summed E-state index contributed by atoms with van der Waals surface area (Å²) in [4.78, 5) is 20.8. The van der Waals surface area contributed by atoms with Crippen molar-refractivity contribution in [3.05, 3.63) is 33.4 Å². The number of nitro groups is 1. The van der Waals surface area contributed by atoms with E-state index in [0.29, 0.717) is 0 Å². The van der Waals surface area contributed by atoms with Crippen molar-refractivity contribution >= 4 is 17.2 Å². The summed E-state index contributed by atoms with van der Waals surface area (Å²) in [5.41, 5.74) is 3.30. The molecule has 1 aromatic rings. The molecule has 5 nitrogen and oxygen atoms in total. The summed E-state index contributed by atoms with van der Waals surface area (Å²) >= 11 is 0. The molecule has 0 aliphatic rings. The van der Waals surface area contributed by atoms with Crippen molar-refractivity contribution in [2.45, 2.75) is 13.3 Å². The second kappa shape index (κ2) is 4.21. The Labute approximate surface area is 89.0 Å². The Balaban J connectivity index is 3.52. The number of carbonyl (C=O) groups excluding carboxylic acids is 1. The van der Waals surface area contributed by atoms with Crippen LogP contribution in [0.5, 0.6) is 0 Å². The van der Waals surface area contributed by atoms with E-state index in [1.807, 2.05) is 0 Å². The van der Waals surface area contributed by atoms with E-state index in [2.05, 4.69) is 0 Å². The van der Waals surface area contributed by atoms with Gasteiger partial charge in [-0.25, -0.2) is 8.78 Å². The van der Waals surface area contributed by atoms with Crippen LogP contribution < -0.4 is 5.73 Å². The van der Waals surface area contributed by atoms with Gasteiger partial charge in [-0.1, -0.05) is 0 Å². The van der Waals surface area contributed by atoms with Gasteiger partial charge in [0.25, 0.3) is 6.43 Å². The van der Waals surface area contributed by atoms with Crippen molar-refractivity contribution in [1.82, 2.24) is 0 Å². The molecular weight excluding hydrogens is 222 g/mol. The first-order valence-electron chi connectivity index (χ1n) is 4.21. The Bertz CT molecular complexity index is 460. The number of nitro benzene ring substituents is 1. The lowest BCUT2D eigenvalue weighted by Crippen LogP contribution is -2.05. The van der Waals surface area contributed by atoms with Crippen molar-refractivity contribution in [2.75, 3.05) is 5.73 Å². The first-order valence-corrected chi connectivity index (χ1v) is 4.21. The van der Waals surface area contributed by atoms with Gasteiger partial charge in [-0.05, 0) is 19.1 Å². The van der Waals surface area contributed by atoms with Crippen LogP contribution in [0.1, 0.15) is 29.3 Å². The zero-order chi connectivity index (χ0) is 12.5. The van der Waals surface area contributed by atoms with Gasteiger partial charge in [-0.15, -0.1) is 0 Å². The number of anilines is 1. The highest BCUT2D eigenvalue weighted by atomic mass is 19.3. The normalized spacial score (nSPS) is 10.5. The average molecular weight is 230 g/mol. The van der Waals surface area contributed by atoms with Gasteiger partial charge in [0.2, 0.25) is 0 Å². The fourth-order valence-corrected chi connectivity index (χ4v) is 1.28. The average Bonchev–Trinajstić information content (AvgIpc) is 2.15. The van der Waals surface area contributed by atoms with Gasteiger partial charge in [0, 0.05) is 5.56 Å². The Morgan fingerprint density at radius 2 is 2.06 bits per heavy atom. The van der Waals surface area contributed by atoms with Crippen molar-refractivity contribution < 1.29 is 18.5 Å². The monoisotopic (exact) mass is 230 g/mol. The van der Waals surface area contributed by atoms with Crippen molar-refractivity contribution in [2.24, 2.45) is 0 Å². The lowest BCUT2D eigenvalue weighted by atomic mass is 10.0. The number of nitrogens with two attached hydrogens (primary N) is 1. The molecule has 0 aliphatic carbocycles. The zero-order valence-corrected chi connectivity index (χ0v) is 8.24. The molecule has 0 bridgehead atoms. The summed E-state index contributed by atoms with van der Waals surface area (Å²) in [6, 6.07) is 1.59. The van der Waals surface area contributed by atoms with Crippen LogP contribution in [0.2, 0.25) is 0 Å². The number of alkyl halides is 2. The van der Waals surface area contributed by atoms with Gasteiger partial charge in [0.05, 0.1) is 10.5 Å². The lowest BCUT2D eigenvalue weighted by Gasteiger charge is -2.06. The smallest absolute Gasteiger partial charge is 0.302 e. The van der Waals surface area contributed by atoms with Gasteiger partial charge in [-0.3, -0.25) is 14.9 Å². The number of rotatable bonds is 3. The number of ketones is 1. The third kappa shape index (κ3) is 2.13. The second-order valence-electron chi connectivity index (χ2n) is 3.12. The third-order valence-corrected chi connectivity index (χ3v) is 1.98. The summed E-state index contributed by atoms with van der Waals surface area (Å²) < 4.78 is 24.8. The van der Waals surface area contributed by atoms with Crippen LogP contribution in [0.15, 0.2) is 12.1 Å². The predicted molar refractivity (Wildman–Crippen MR) is 52.5 cm³/mol. The Hall–Kier alpha value is -2.05. The summed E-state index contributed by atoms with van der Waals surface area (Å²) in [5.74, 6) is -0.680. The molecule has 0 saturated carbocycles. The van der Waals surface area contributed by atoms with Crippen LogP contribution in [-0.2, 0) is 0 Å². The largest absolute Gasteiger partial charge is 0.393 e. The van der Waals surface area contributed by atoms with Gasteiger partial charge >= 0.3 is 5.69 Å². The molecule has 0 spiro atoms. The minimum atomic E-state index is -2.83. The fourth-order valence-electron chi connectivity index (χ4n) is 1.28. The van der Waals surface area contributed by atoms with Crippen LogP contribution in [0.4, 0.5) is 20.2 Å². The van der Waals surface area contributed by atoms with E-state index in [1.165, 1.54) is 0 Å². The van der Waals surface area contributed by atoms with E-state index in [9.17, 15) is 23.7 Å². The van der Waals surface area contributed by atoms with Gasteiger partial charge in [0.1, 0.15) is 5.69 Å². The van der Waals surface area contributed by atoms with Crippen molar-refractivity contribution in [3.63, 3.8) is 0 Å². The lowest BCUT2D eigenvalue weighted by molar-refractivity contribution is -0.384. The molecule has 86 valence electrons. The number of carbonyl (C=O) groups is 1. The summed E-state index contributed by atoms with van der Waals surface area (Å²) in [5, 5.41) is 10.6. The van der Waals surface area contributed by atoms with Gasteiger partial charge < -0.3 is 5.73 Å². The summed E-state index contributed by atoms with van der Waals surface area (Å²) in [6.45, 7) is 1.05. The van der Waals surface area contributed by atoms with Gasteiger partial charge in [-0.2, -0.15) is 0 Å². The molecular formula is C9H8F2N2O3. The second-order valence-corrected chi connectivity index (χ2v) is 3.12. The molecule has 1 rings (SSSR count). The van der Waals surface area contributed by atoms with Crippen LogP contribution in [0, 0.1) is 10.1 Å². The zero-order valence-electron chi connectivity index (χ0n) is 8.24. The number of benzene rings is 1. The number of hydrogen-bond acceptors (Lipinski definition) is 4. The minimum absolute atomic E-state index is 0.402. The van der Waals surface area contributed by atoms with E-state index in [4.69, 9.17) is 5.73 Å². The molecule has 1 aromatic carbocycles. The number of Topliss-reactive ketones (excluding diaryl/α,β-unsaturated/α-hetero) is 1. The number of nitrogens with zero attached hydrogens (tertiary/aromatic N) is 1. The summed E-state index contributed by atoms with van der Waals surface area (Å²) in [7, 11) is 0. The van der Waals surface area contributed by atoms with E-state index in [-0.39, 0.29) is 0 Å². The van der Waals surface area contributed by atoms with Crippen molar-refractivity contribution in [3.8, 4) is 0 Å². The van der Waals surface area contributed by atoms with Crippen LogP contribution in [0.3, 0.4) is 0 Å². The molecule has 0 aromatic heterocycles. The Morgan fingerprint density at radius 3 is 2.44 bits per heavy atom. The number of hydrogen-bond donors (Lipinski definition) is 1. The molecule has 0 fully saturated rings. The predicted octanol–water partition coefficient (Wildman–Crippen LogP) is 2.32. The maximum Gasteiger partial charge on any atom is 0.302 e. The topological polar surface area (TPSA) is 86.2 Å². The van der Waals surface area contributed by atoms with Crippen LogP contribution in [0.25, 0.3) is 0 Å². The van der Waals surface area contributed by atoms with E-state index >= 15 is 0 Å². The quantitative estimate of drug-likeness (QED) is 0.373. The van der Waals surface area contributed by atoms with E-state index in [0.717, 1.165) is 19.1 Å². The van der Waals surface area contributed by atoms with E-state index in [1.54, 1.807) is 0 Å². The third-order valence-electron chi connectivity index (χ3n) is 1.98. The molecule has 0 atom stereocenters. The standard InChI is InChI=1S/C9H8F2N2O3/c1-4(14)6-2-5(9(10)11)3-7(12)8(6)13(15)16/h2-3,9H,12H2,1H3. The fraction of sp³-hybridized carbons (Fsp3) is 0.222. The SMILES string of the molecule is CC(=O)c1cc(C(F)F)cc(N)c1[N+](=O)[O-]. The van der Waals surface area contributed by atoms with Crippen molar-refractivity contribution in [1.29, 1.82) is 0 Å². The first kappa shape index (κ1) is 12.0. The highest BCUT2D eigenvalue weighted by Crippen LogP contribution is 2.32. The molecule has 0 radical (unpaired) electrons. The highest BCUT2D eigenvalue weighted by molar-refractivity contribution is 6.00. The van der Waals surface area contributed by atoms with Crippen LogP contribution in [-0.4, -0.2) is 10.7 Å². The minimum Gasteiger partial charge on any atom is -0.393 e. The Kier molecular flexibility index (Phi) is 3.17. The maximum atomic E-state index is 12.4. The van der Waals surface area contributed by atoms with Crippen LogP contribution >= 0.6 is 0 Å². The molecule has 0 heterocycles. The number of halogens is 2. The molecule has 2 N–H and O–H groups in total. The van der Waals surface area contributed by atoms with E-state index < -0.39 is 39.6 Å². The first-order chi connectivity index (χ1) is 7.34. The molecule has 0 unspecified atom stereocenters. The molecule has 16 heavy (non-hydrogen) atoms. The number of nitrogen functional groups attached to an aromatic ring is 1. The molecule has 0 aliphatic heterocycles. The highest BCUT2D eigenvalue weighted by Gasteiger charge is 2.24. The molecule has 0 saturated heterocycles. The summed E-state index contributed by atoms with van der Waals surface area (Å²) in [6.07, 6.45) is -2.83. The van der Waals surface area contributed by atoms with Gasteiger partial charge in [0.15, 0.2) is 5.78 Å². The maximum absolute atomic E-state index is 12.4. The molecule has 0 amide bonds. The molecule has 7 heteroatoms.